The summed E-state index contributed by atoms with van der Waals surface area (Å²) >= 11 is 1.25. The van der Waals surface area contributed by atoms with Crippen molar-refractivity contribution in [2.75, 3.05) is 11.1 Å². The van der Waals surface area contributed by atoms with Crippen LogP contribution in [0.4, 0.5) is 5.69 Å². The molecule has 2 aromatic heterocycles. The number of hydrogen-bond acceptors (Lipinski definition) is 6. The zero-order chi connectivity index (χ0) is 23.4. The molecule has 2 aromatic carbocycles. The second kappa shape index (κ2) is 9.70. The lowest BCUT2D eigenvalue weighted by Crippen LogP contribution is -2.23. The van der Waals surface area contributed by atoms with Crippen LogP contribution in [0.2, 0.25) is 0 Å². The number of aromatic nitrogens is 5. The number of carbonyl (C=O) groups is 1. The van der Waals surface area contributed by atoms with Crippen molar-refractivity contribution in [2.24, 2.45) is 0 Å². The number of anilines is 1. The normalized spacial score (nSPS) is 10.8. The number of aryl methyl sites for hydroxylation is 2. The fourth-order valence-corrected chi connectivity index (χ4v) is 4.17. The van der Waals surface area contributed by atoms with Crippen LogP contribution in [0.5, 0.6) is 0 Å². The summed E-state index contributed by atoms with van der Waals surface area (Å²) in [5.74, 6) is 0.509. The maximum atomic E-state index is 12.6. The van der Waals surface area contributed by atoms with Gasteiger partial charge in [-0.25, -0.2) is 4.79 Å². The molecule has 0 saturated carbocycles. The van der Waals surface area contributed by atoms with Crippen molar-refractivity contribution >= 4 is 23.4 Å². The van der Waals surface area contributed by atoms with Crippen molar-refractivity contribution in [2.45, 2.75) is 25.4 Å². The standard InChI is InChI=1S/C23H22N6O3S/c1-14-8-9-18(15(2)10-14)25-21(31)13-33-23-28-27-19(29(23)17-6-4-3-5-7-17)11-16-12-20(30)26-22(32)24-16/h3-10,12H,11,13H2,1-2H3,(H,25,31)(H2,24,26,30,32). The fraction of sp³-hybridized carbons (Fsp3) is 0.174. The van der Waals surface area contributed by atoms with E-state index in [9.17, 15) is 14.4 Å². The van der Waals surface area contributed by atoms with Gasteiger partial charge >= 0.3 is 5.69 Å². The molecule has 3 N–H and O–H groups in total. The van der Waals surface area contributed by atoms with E-state index in [1.165, 1.54) is 17.8 Å². The van der Waals surface area contributed by atoms with E-state index in [0.717, 1.165) is 22.5 Å². The van der Waals surface area contributed by atoms with E-state index in [4.69, 9.17) is 0 Å². The third-order valence-electron chi connectivity index (χ3n) is 4.87. The summed E-state index contributed by atoms with van der Waals surface area (Å²) in [5, 5.41) is 12.0. The van der Waals surface area contributed by atoms with Crippen LogP contribution >= 0.6 is 11.8 Å². The highest BCUT2D eigenvalue weighted by atomic mass is 32.2. The second-order valence-electron chi connectivity index (χ2n) is 7.51. The molecule has 0 unspecified atom stereocenters. The summed E-state index contributed by atoms with van der Waals surface area (Å²) in [7, 11) is 0. The number of amides is 1. The van der Waals surface area contributed by atoms with Gasteiger partial charge in [-0.2, -0.15) is 0 Å². The van der Waals surface area contributed by atoms with Crippen LogP contribution in [0, 0.1) is 13.8 Å². The van der Waals surface area contributed by atoms with Crippen LogP contribution in [0.1, 0.15) is 22.6 Å². The van der Waals surface area contributed by atoms with Crippen LogP contribution in [0.25, 0.3) is 5.69 Å². The molecule has 9 nitrogen and oxygen atoms in total. The van der Waals surface area contributed by atoms with Crippen molar-refractivity contribution in [1.82, 2.24) is 24.7 Å². The van der Waals surface area contributed by atoms with E-state index >= 15 is 0 Å². The summed E-state index contributed by atoms with van der Waals surface area (Å²) in [6.45, 7) is 3.96. The Balaban J connectivity index is 1.57. The summed E-state index contributed by atoms with van der Waals surface area (Å²) < 4.78 is 1.81. The van der Waals surface area contributed by atoms with Gasteiger partial charge in [-0.1, -0.05) is 47.7 Å². The smallest absolute Gasteiger partial charge is 0.325 e. The predicted molar refractivity (Wildman–Crippen MR) is 127 cm³/mol. The highest BCUT2D eigenvalue weighted by molar-refractivity contribution is 7.99. The molecule has 168 valence electrons. The number of nitrogens with zero attached hydrogens (tertiary/aromatic N) is 3. The number of carbonyl (C=O) groups excluding carboxylic acids is 1. The molecule has 0 aliphatic heterocycles. The molecule has 0 radical (unpaired) electrons. The highest BCUT2D eigenvalue weighted by Gasteiger charge is 2.17. The second-order valence-corrected chi connectivity index (χ2v) is 8.46. The average molecular weight is 463 g/mol. The molecular formula is C23H22N6O3S. The van der Waals surface area contributed by atoms with Crippen LogP contribution in [0.15, 0.2) is 69.3 Å². The highest BCUT2D eigenvalue weighted by Crippen LogP contribution is 2.24. The Kier molecular flexibility index (Phi) is 6.55. The lowest BCUT2D eigenvalue weighted by atomic mass is 10.1. The summed E-state index contributed by atoms with van der Waals surface area (Å²) in [6, 6.07) is 16.6. The average Bonchev–Trinajstić information content (AvgIpc) is 3.16. The topological polar surface area (TPSA) is 126 Å². The zero-order valence-electron chi connectivity index (χ0n) is 18.1. The van der Waals surface area contributed by atoms with Crippen molar-refractivity contribution in [1.29, 1.82) is 0 Å². The molecule has 0 atom stereocenters. The first kappa shape index (κ1) is 22.3. The summed E-state index contributed by atoms with van der Waals surface area (Å²) in [6.07, 6.45) is 0.191. The van der Waals surface area contributed by atoms with Gasteiger partial charge in [0.15, 0.2) is 5.16 Å². The Labute approximate surface area is 193 Å². The lowest BCUT2D eigenvalue weighted by molar-refractivity contribution is -0.113. The van der Waals surface area contributed by atoms with Crippen molar-refractivity contribution in [3.05, 3.63) is 98.1 Å². The lowest BCUT2D eigenvalue weighted by Gasteiger charge is -2.11. The van der Waals surface area contributed by atoms with Gasteiger partial charge in [-0.15, -0.1) is 10.2 Å². The predicted octanol–water partition coefficient (Wildman–Crippen LogP) is 2.58. The maximum absolute atomic E-state index is 12.6. The Hall–Kier alpha value is -3.92. The van der Waals surface area contributed by atoms with E-state index < -0.39 is 11.2 Å². The quantitative estimate of drug-likeness (QED) is 0.363. The maximum Gasteiger partial charge on any atom is 0.325 e. The largest absolute Gasteiger partial charge is 0.325 e. The van der Waals surface area contributed by atoms with Gasteiger partial charge in [-0.3, -0.25) is 19.1 Å². The van der Waals surface area contributed by atoms with Crippen molar-refractivity contribution in [3.8, 4) is 5.69 Å². The first-order chi connectivity index (χ1) is 15.9. The molecule has 0 fully saturated rings. The zero-order valence-corrected chi connectivity index (χ0v) is 18.9. The Morgan fingerprint density at radius 1 is 1.03 bits per heavy atom. The van der Waals surface area contributed by atoms with Crippen LogP contribution in [0.3, 0.4) is 0 Å². The molecule has 0 spiro atoms. The Morgan fingerprint density at radius 3 is 2.55 bits per heavy atom. The molecule has 1 amide bonds. The van der Waals surface area contributed by atoms with Gasteiger partial charge in [0.1, 0.15) is 5.82 Å². The minimum absolute atomic E-state index is 0.139. The molecule has 0 bridgehead atoms. The van der Waals surface area contributed by atoms with Gasteiger partial charge in [0.05, 0.1) is 5.75 Å². The Bertz CT molecular complexity index is 1380. The summed E-state index contributed by atoms with van der Waals surface area (Å²) in [4.78, 5) is 40.6. The number of rotatable bonds is 7. The number of hydrogen-bond donors (Lipinski definition) is 3. The molecule has 10 heteroatoms. The van der Waals surface area contributed by atoms with Crippen molar-refractivity contribution < 1.29 is 4.79 Å². The molecule has 0 aliphatic carbocycles. The molecular weight excluding hydrogens is 440 g/mol. The number of nitrogens with one attached hydrogen (secondary N) is 3. The van der Waals surface area contributed by atoms with Crippen molar-refractivity contribution in [3.63, 3.8) is 0 Å². The van der Waals surface area contributed by atoms with Gasteiger partial charge in [0.25, 0.3) is 5.56 Å². The molecule has 4 rings (SSSR count). The minimum Gasteiger partial charge on any atom is -0.325 e. The van der Waals surface area contributed by atoms with Gasteiger partial charge in [-0.05, 0) is 37.6 Å². The fourth-order valence-electron chi connectivity index (χ4n) is 3.40. The molecule has 33 heavy (non-hydrogen) atoms. The van der Waals surface area contributed by atoms with E-state index in [1.54, 1.807) is 0 Å². The number of aromatic amines is 2. The van der Waals surface area contributed by atoms with Crippen LogP contribution < -0.4 is 16.6 Å². The van der Waals surface area contributed by atoms with E-state index in [0.29, 0.717) is 16.7 Å². The van der Waals surface area contributed by atoms with E-state index in [1.807, 2.05) is 66.9 Å². The van der Waals surface area contributed by atoms with Gasteiger partial charge in [0, 0.05) is 29.6 Å². The van der Waals surface area contributed by atoms with E-state index in [-0.39, 0.29) is 18.1 Å². The third-order valence-corrected chi connectivity index (χ3v) is 5.80. The molecule has 4 aromatic rings. The number of H-pyrrole nitrogens is 2. The molecule has 0 saturated heterocycles. The SMILES string of the molecule is Cc1ccc(NC(=O)CSc2nnc(Cc3cc(=O)[nH]c(=O)[nH]3)n2-c2ccccc2)c(C)c1. The summed E-state index contributed by atoms with van der Waals surface area (Å²) in [5.41, 5.74) is 3.05. The monoisotopic (exact) mass is 462 g/mol. The Morgan fingerprint density at radius 2 is 1.82 bits per heavy atom. The van der Waals surface area contributed by atoms with Crippen LogP contribution in [-0.2, 0) is 11.2 Å². The molecule has 0 aliphatic rings. The van der Waals surface area contributed by atoms with Gasteiger partial charge < -0.3 is 10.3 Å². The number of thioether (sulfide) groups is 1. The first-order valence-electron chi connectivity index (χ1n) is 10.2. The van der Waals surface area contributed by atoms with Gasteiger partial charge in [0.2, 0.25) is 5.91 Å². The minimum atomic E-state index is -0.582. The van der Waals surface area contributed by atoms with E-state index in [2.05, 4.69) is 25.5 Å². The third kappa shape index (κ3) is 5.47. The molecule has 2 heterocycles. The van der Waals surface area contributed by atoms with Crippen LogP contribution in [-0.4, -0.2) is 36.4 Å². The first-order valence-corrected chi connectivity index (χ1v) is 11.2. The number of benzene rings is 2. The number of para-hydroxylation sites is 1.